The van der Waals surface area contributed by atoms with E-state index in [1.165, 1.54) is 24.3 Å². The fraction of sp³-hybridized carbons (Fsp3) is 0.192. The van der Waals surface area contributed by atoms with Crippen LogP contribution in [-0.2, 0) is 17.1 Å². The van der Waals surface area contributed by atoms with Crippen molar-refractivity contribution < 1.29 is 36.2 Å². The molecule has 3 rings (SSSR count). The molecule has 0 aliphatic heterocycles. The van der Waals surface area contributed by atoms with Crippen molar-refractivity contribution in [3.05, 3.63) is 95.6 Å². The van der Waals surface area contributed by atoms with Gasteiger partial charge in [0.25, 0.3) is 0 Å². The number of hydrogen-bond acceptors (Lipinski definition) is 1. The maximum atomic E-state index is 13.0. The van der Waals surface area contributed by atoms with E-state index in [1.807, 2.05) is 0 Å². The molecule has 34 heavy (non-hydrogen) atoms. The predicted molar refractivity (Wildman–Crippen MR) is 117 cm³/mol. The molecule has 2 nitrogen and oxygen atoms in total. The third-order valence-electron chi connectivity index (χ3n) is 5.30. The molecular weight excluding hydrogens is 458 g/mol. The van der Waals surface area contributed by atoms with Gasteiger partial charge in [-0.1, -0.05) is 42.0 Å². The Kier molecular flexibility index (Phi) is 6.91. The van der Waals surface area contributed by atoms with Crippen LogP contribution < -0.4 is 0 Å². The van der Waals surface area contributed by atoms with Crippen molar-refractivity contribution >= 4 is 5.97 Å². The van der Waals surface area contributed by atoms with Crippen molar-refractivity contribution in [1.82, 2.24) is 0 Å². The van der Waals surface area contributed by atoms with Crippen LogP contribution >= 0.6 is 0 Å². The van der Waals surface area contributed by atoms with Crippen LogP contribution in [0.3, 0.4) is 0 Å². The molecule has 0 amide bonds. The molecule has 1 atom stereocenters. The van der Waals surface area contributed by atoms with Crippen LogP contribution in [0, 0.1) is 0 Å². The summed E-state index contributed by atoms with van der Waals surface area (Å²) < 4.78 is 77.7. The molecule has 0 fully saturated rings. The van der Waals surface area contributed by atoms with E-state index in [9.17, 15) is 36.2 Å². The molecule has 0 radical (unpaired) electrons. The number of hydrogen-bond donors (Lipinski definition) is 1. The monoisotopic (exact) mass is 478 g/mol. The molecule has 0 saturated heterocycles. The average molecular weight is 478 g/mol. The van der Waals surface area contributed by atoms with E-state index in [-0.39, 0.29) is 6.42 Å². The van der Waals surface area contributed by atoms with Gasteiger partial charge in [-0.15, -0.1) is 6.58 Å². The Morgan fingerprint density at radius 3 is 1.44 bits per heavy atom. The molecule has 0 spiro atoms. The molecule has 0 aliphatic rings. The minimum Gasteiger partial charge on any atom is -0.481 e. The molecule has 1 N–H and O–H groups in total. The van der Waals surface area contributed by atoms with E-state index in [0.717, 1.165) is 24.3 Å². The summed E-state index contributed by atoms with van der Waals surface area (Å²) >= 11 is 0. The van der Waals surface area contributed by atoms with Gasteiger partial charge in [-0.3, -0.25) is 4.79 Å². The second-order valence-electron chi connectivity index (χ2n) is 8.05. The van der Waals surface area contributed by atoms with Crippen molar-refractivity contribution in [2.45, 2.75) is 31.6 Å². The first kappa shape index (κ1) is 25.1. The lowest BCUT2D eigenvalue weighted by Gasteiger charge is -2.17. The summed E-state index contributed by atoms with van der Waals surface area (Å²) in [5, 5.41) is 9.76. The van der Waals surface area contributed by atoms with Gasteiger partial charge in [-0.25, -0.2) is 0 Å². The maximum absolute atomic E-state index is 13.0. The molecule has 0 aliphatic carbocycles. The Bertz CT molecular complexity index is 1110. The highest BCUT2D eigenvalue weighted by Crippen LogP contribution is 2.36. The van der Waals surface area contributed by atoms with Crippen LogP contribution in [0.15, 0.2) is 78.9 Å². The van der Waals surface area contributed by atoms with E-state index >= 15 is 0 Å². The Hall–Kier alpha value is -3.55. The van der Waals surface area contributed by atoms with Gasteiger partial charge in [0.2, 0.25) is 0 Å². The van der Waals surface area contributed by atoms with Crippen LogP contribution in [0.5, 0.6) is 0 Å². The number of allylic oxidation sites excluding steroid dienone is 1. The second-order valence-corrected chi connectivity index (χ2v) is 8.05. The molecule has 3 aromatic carbocycles. The summed E-state index contributed by atoms with van der Waals surface area (Å²) in [5.74, 6) is -2.11. The summed E-state index contributed by atoms with van der Waals surface area (Å²) in [6.45, 7) is 5.43. The number of carboxylic acid groups (broad SMARTS) is 1. The first-order chi connectivity index (χ1) is 15.8. The number of aliphatic carboxylic acids is 1. The number of carboxylic acids is 1. The van der Waals surface area contributed by atoms with E-state index in [1.54, 1.807) is 25.1 Å². The van der Waals surface area contributed by atoms with Gasteiger partial charge in [-0.2, -0.15) is 26.3 Å². The highest BCUT2D eigenvalue weighted by Gasteiger charge is 2.31. The lowest BCUT2D eigenvalue weighted by atomic mass is 9.87. The van der Waals surface area contributed by atoms with Gasteiger partial charge < -0.3 is 5.11 Å². The minimum atomic E-state index is -4.51. The van der Waals surface area contributed by atoms with Crippen LogP contribution in [-0.4, -0.2) is 11.1 Å². The van der Waals surface area contributed by atoms with Crippen LogP contribution in [0.1, 0.15) is 36.0 Å². The summed E-state index contributed by atoms with van der Waals surface area (Å²) in [6.07, 6.45) is -8.90. The Morgan fingerprint density at radius 1 is 0.765 bits per heavy atom. The molecule has 0 saturated carbocycles. The highest BCUT2D eigenvalue weighted by atomic mass is 19.4. The van der Waals surface area contributed by atoms with Crippen molar-refractivity contribution in [2.75, 3.05) is 0 Å². The number of halogens is 6. The standard InChI is InChI=1S/C26H20F6O2/c1-15(2)11-23(24(33)34)20-13-18(16-3-7-21(8-4-16)25(27,28)29)12-19(14-20)17-5-9-22(10-6-17)26(30,31)32/h3-10,12-14,23H,1,11H2,2H3,(H,33,34). The summed E-state index contributed by atoms with van der Waals surface area (Å²) in [7, 11) is 0. The van der Waals surface area contributed by atoms with Crippen molar-refractivity contribution in [3.8, 4) is 22.3 Å². The summed E-state index contributed by atoms with van der Waals surface area (Å²) in [6, 6.07) is 13.5. The van der Waals surface area contributed by atoms with E-state index in [4.69, 9.17) is 0 Å². The van der Waals surface area contributed by atoms with Gasteiger partial charge in [0, 0.05) is 0 Å². The Labute approximate surface area is 192 Å². The SMILES string of the molecule is C=C(C)CC(C(=O)O)c1cc(-c2ccc(C(F)(F)F)cc2)cc(-c2ccc(C(F)(F)F)cc2)c1. The van der Waals surface area contributed by atoms with Crippen molar-refractivity contribution in [3.63, 3.8) is 0 Å². The van der Waals surface area contributed by atoms with Gasteiger partial charge >= 0.3 is 18.3 Å². The number of carbonyl (C=O) groups is 1. The number of benzene rings is 3. The normalized spacial score (nSPS) is 12.9. The quantitative estimate of drug-likeness (QED) is 0.286. The zero-order chi connectivity index (χ0) is 25.3. The molecule has 1 unspecified atom stereocenters. The summed E-state index contributed by atoms with van der Waals surface area (Å²) in [5.41, 5.74) is 1.00. The Balaban J connectivity index is 2.15. The Morgan fingerprint density at radius 2 is 1.15 bits per heavy atom. The molecule has 0 heterocycles. The molecule has 178 valence electrons. The zero-order valence-electron chi connectivity index (χ0n) is 18.0. The predicted octanol–water partition coefficient (Wildman–Crippen LogP) is 8.19. The van der Waals surface area contributed by atoms with Crippen LogP contribution in [0.25, 0.3) is 22.3 Å². The molecule has 0 aromatic heterocycles. The molecule has 0 bridgehead atoms. The van der Waals surface area contributed by atoms with E-state index in [2.05, 4.69) is 6.58 Å². The lowest BCUT2D eigenvalue weighted by Crippen LogP contribution is -2.12. The fourth-order valence-electron chi connectivity index (χ4n) is 3.59. The van der Waals surface area contributed by atoms with E-state index < -0.39 is 35.4 Å². The largest absolute Gasteiger partial charge is 0.481 e. The van der Waals surface area contributed by atoms with Crippen molar-refractivity contribution in [2.24, 2.45) is 0 Å². The molecular formula is C26H20F6O2. The summed E-state index contributed by atoms with van der Waals surface area (Å²) in [4.78, 5) is 11.9. The van der Waals surface area contributed by atoms with Crippen LogP contribution in [0.2, 0.25) is 0 Å². The smallest absolute Gasteiger partial charge is 0.416 e. The zero-order valence-corrected chi connectivity index (χ0v) is 18.0. The van der Waals surface area contributed by atoms with Crippen LogP contribution in [0.4, 0.5) is 26.3 Å². The average Bonchev–Trinajstić information content (AvgIpc) is 2.76. The third-order valence-corrected chi connectivity index (χ3v) is 5.30. The first-order valence-electron chi connectivity index (χ1n) is 10.1. The minimum absolute atomic E-state index is 0.123. The van der Waals surface area contributed by atoms with Gasteiger partial charge in [0.05, 0.1) is 17.0 Å². The van der Waals surface area contributed by atoms with Gasteiger partial charge in [0.15, 0.2) is 0 Å². The molecule has 8 heteroatoms. The fourth-order valence-corrected chi connectivity index (χ4v) is 3.59. The van der Waals surface area contributed by atoms with Crippen molar-refractivity contribution in [1.29, 1.82) is 0 Å². The number of alkyl halides is 6. The number of rotatable bonds is 6. The molecule has 3 aromatic rings. The van der Waals surface area contributed by atoms with Gasteiger partial charge in [-0.05, 0) is 71.5 Å². The highest BCUT2D eigenvalue weighted by molar-refractivity contribution is 5.81. The third kappa shape index (κ3) is 5.87. The lowest BCUT2D eigenvalue weighted by molar-refractivity contribution is -0.139. The van der Waals surface area contributed by atoms with Gasteiger partial charge in [0.1, 0.15) is 0 Å². The van der Waals surface area contributed by atoms with E-state index in [0.29, 0.717) is 33.4 Å². The second kappa shape index (κ2) is 9.37. The maximum Gasteiger partial charge on any atom is 0.416 e. The first-order valence-corrected chi connectivity index (χ1v) is 10.1. The topological polar surface area (TPSA) is 37.3 Å².